The van der Waals surface area contributed by atoms with Crippen LogP contribution in [0.25, 0.3) is 6.08 Å². The second-order valence-electron chi connectivity index (χ2n) is 4.78. The molecule has 0 saturated heterocycles. The van der Waals surface area contributed by atoms with E-state index in [0.29, 0.717) is 11.4 Å². The van der Waals surface area contributed by atoms with Gasteiger partial charge in [-0.2, -0.15) is 8.78 Å². The van der Waals surface area contributed by atoms with E-state index in [-0.39, 0.29) is 17.1 Å². The molecule has 0 aromatic heterocycles. The van der Waals surface area contributed by atoms with E-state index in [4.69, 9.17) is 9.47 Å². The largest absolute Gasteiger partial charge is 0.495 e. The molecule has 0 atom stereocenters. The lowest BCUT2D eigenvalue weighted by Gasteiger charge is -2.12. The summed E-state index contributed by atoms with van der Waals surface area (Å²) in [6.07, 6.45) is 2.57. The molecule has 0 spiro atoms. The van der Waals surface area contributed by atoms with Gasteiger partial charge in [-0.25, -0.2) is 0 Å². The molecule has 0 aliphatic rings. The number of methoxy groups -OCH3 is 2. The fourth-order valence-corrected chi connectivity index (χ4v) is 2.13. The van der Waals surface area contributed by atoms with E-state index in [0.717, 1.165) is 0 Å². The first-order chi connectivity index (χ1) is 12.0. The van der Waals surface area contributed by atoms with Crippen molar-refractivity contribution in [2.75, 3.05) is 19.5 Å². The van der Waals surface area contributed by atoms with Gasteiger partial charge in [-0.15, -0.1) is 0 Å². The summed E-state index contributed by atoms with van der Waals surface area (Å²) in [6.45, 7) is -3.01. The smallest absolute Gasteiger partial charge is 0.387 e. The molecular formula is C18H17F2NO4. The van der Waals surface area contributed by atoms with Crippen molar-refractivity contribution >= 4 is 17.7 Å². The van der Waals surface area contributed by atoms with E-state index in [1.54, 1.807) is 30.3 Å². The van der Waals surface area contributed by atoms with Crippen LogP contribution in [-0.4, -0.2) is 26.7 Å². The molecule has 0 heterocycles. The molecule has 2 aromatic carbocycles. The van der Waals surface area contributed by atoms with Gasteiger partial charge in [0, 0.05) is 11.6 Å². The Bertz CT molecular complexity index is 762. The van der Waals surface area contributed by atoms with Crippen LogP contribution < -0.4 is 19.5 Å². The van der Waals surface area contributed by atoms with Crippen LogP contribution >= 0.6 is 0 Å². The zero-order chi connectivity index (χ0) is 18.2. The van der Waals surface area contributed by atoms with Crippen molar-refractivity contribution < 1.29 is 27.8 Å². The fourth-order valence-electron chi connectivity index (χ4n) is 2.13. The van der Waals surface area contributed by atoms with Crippen molar-refractivity contribution in [3.63, 3.8) is 0 Å². The van der Waals surface area contributed by atoms with E-state index in [1.165, 1.54) is 38.5 Å². The van der Waals surface area contributed by atoms with E-state index in [1.807, 2.05) is 0 Å². The second kappa shape index (κ2) is 8.68. The van der Waals surface area contributed by atoms with Gasteiger partial charge in [0.1, 0.15) is 5.75 Å². The number of benzene rings is 2. The molecule has 1 amide bonds. The van der Waals surface area contributed by atoms with Crippen molar-refractivity contribution in [3.8, 4) is 17.2 Å². The highest BCUT2D eigenvalue weighted by Gasteiger charge is 2.14. The normalized spacial score (nSPS) is 10.8. The van der Waals surface area contributed by atoms with Crippen molar-refractivity contribution in [3.05, 3.63) is 54.1 Å². The van der Waals surface area contributed by atoms with Gasteiger partial charge in [0.2, 0.25) is 5.91 Å². The Balaban J connectivity index is 2.19. The van der Waals surface area contributed by atoms with Crippen molar-refractivity contribution in [1.82, 2.24) is 0 Å². The Morgan fingerprint density at radius 3 is 2.40 bits per heavy atom. The van der Waals surface area contributed by atoms with Crippen LogP contribution in [0.5, 0.6) is 17.2 Å². The molecule has 2 rings (SSSR count). The van der Waals surface area contributed by atoms with Crippen LogP contribution in [0.3, 0.4) is 0 Å². The number of amides is 1. The zero-order valence-electron chi connectivity index (χ0n) is 13.7. The molecule has 0 aliphatic heterocycles. The molecular weight excluding hydrogens is 332 g/mol. The van der Waals surface area contributed by atoms with Crippen LogP contribution in [0, 0.1) is 0 Å². The van der Waals surface area contributed by atoms with Crippen molar-refractivity contribution in [2.45, 2.75) is 6.61 Å². The molecule has 0 unspecified atom stereocenters. The summed E-state index contributed by atoms with van der Waals surface area (Å²) in [5, 5.41) is 2.65. The Kier molecular flexibility index (Phi) is 6.33. The first kappa shape index (κ1) is 18.3. The quantitative estimate of drug-likeness (QED) is 0.769. The molecule has 7 heteroatoms. The zero-order valence-corrected chi connectivity index (χ0v) is 13.7. The van der Waals surface area contributed by atoms with Crippen LogP contribution in [0.2, 0.25) is 0 Å². The number of hydrogen-bond acceptors (Lipinski definition) is 4. The van der Waals surface area contributed by atoms with E-state index < -0.39 is 12.5 Å². The third-order valence-corrected chi connectivity index (χ3v) is 3.22. The topological polar surface area (TPSA) is 56.8 Å². The van der Waals surface area contributed by atoms with Gasteiger partial charge in [0.25, 0.3) is 0 Å². The molecule has 0 fully saturated rings. The number of rotatable bonds is 7. The SMILES string of the molecule is COc1ccccc1NC(=O)/C=C/c1cccc(OC)c1OC(F)F. The van der Waals surface area contributed by atoms with Gasteiger partial charge < -0.3 is 19.5 Å². The average Bonchev–Trinajstić information content (AvgIpc) is 2.60. The number of ether oxygens (including phenoxy) is 3. The number of anilines is 1. The van der Waals surface area contributed by atoms with Gasteiger partial charge in [-0.3, -0.25) is 4.79 Å². The van der Waals surface area contributed by atoms with Gasteiger partial charge in [-0.1, -0.05) is 24.3 Å². The number of para-hydroxylation sites is 3. The maximum atomic E-state index is 12.6. The number of halogens is 2. The predicted octanol–water partition coefficient (Wildman–Crippen LogP) is 3.96. The molecule has 0 radical (unpaired) electrons. The summed E-state index contributed by atoms with van der Waals surface area (Å²) in [4.78, 5) is 12.1. The summed E-state index contributed by atoms with van der Waals surface area (Å²) in [5.74, 6) is 0.0663. The van der Waals surface area contributed by atoms with Crippen LogP contribution in [0.1, 0.15) is 5.56 Å². The molecule has 2 aromatic rings. The Morgan fingerprint density at radius 1 is 1.04 bits per heavy atom. The monoisotopic (exact) mass is 349 g/mol. The van der Waals surface area contributed by atoms with Gasteiger partial charge >= 0.3 is 6.61 Å². The maximum absolute atomic E-state index is 12.6. The number of nitrogens with one attached hydrogen (secondary N) is 1. The summed E-state index contributed by atoms with van der Waals surface area (Å²) >= 11 is 0. The predicted molar refractivity (Wildman–Crippen MR) is 90.3 cm³/mol. The maximum Gasteiger partial charge on any atom is 0.387 e. The Hall–Kier alpha value is -3.09. The van der Waals surface area contributed by atoms with Gasteiger partial charge in [0.15, 0.2) is 11.5 Å². The minimum Gasteiger partial charge on any atom is -0.495 e. The third kappa shape index (κ3) is 4.94. The third-order valence-electron chi connectivity index (χ3n) is 3.22. The first-order valence-corrected chi connectivity index (χ1v) is 7.29. The van der Waals surface area contributed by atoms with Gasteiger partial charge in [-0.05, 0) is 24.3 Å². The highest BCUT2D eigenvalue weighted by molar-refractivity contribution is 6.03. The van der Waals surface area contributed by atoms with E-state index in [9.17, 15) is 13.6 Å². The summed E-state index contributed by atoms with van der Waals surface area (Å²) in [5.41, 5.74) is 0.782. The molecule has 0 saturated carbocycles. The minimum absolute atomic E-state index is 0.138. The van der Waals surface area contributed by atoms with E-state index in [2.05, 4.69) is 10.1 Å². The Labute approximate surface area is 143 Å². The molecule has 1 N–H and O–H groups in total. The number of carbonyl (C=O) groups excluding carboxylic acids is 1. The van der Waals surface area contributed by atoms with Crippen LogP contribution in [-0.2, 0) is 4.79 Å². The second-order valence-corrected chi connectivity index (χ2v) is 4.78. The first-order valence-electron chi connectivity index (χ1n) is 7.29. The fraction of sp³-hybridized carbons (Fsp3) is 0.167. The minimum atomic E-state index is -3.01. The lowest BCUT2D eigenvalue weighted by atomic mass is 10.1. The highest BCUT2D eigenvalue weighted by Crippen LogP contribution is 2.33. The van der Waals surface area contributed by atoms with Gasteiger partial charge in [0.05, 0.1) is 19.9 Å². The number of hydrogen-bond donors (Lipinski definition) is 1. The highest BCUT2D eigenvalue weighted by atomic mass is 19.3. The molecule has 25 heavy (non-hydrogen) atoms. The lowest BCUT2D eigenvalue weighted by molar-refractivity contribution is -0.111. The van der Waals surface area contributed by atoms with E-state index >= 15 is 0 Å². The summed E-state index contributed by atoms with van der Waals surface area (Å²) in [7, 11) is 2.83. The summed E-state index contributed by atoms with van der Waals surface area (Å²) in [6, 6.07) is 11.5. The molecule has 0 bridgehead atoms. The number of alkyl halides is 2. The average molecular weight is 349 g/mol. The van der Waals surface area contributed by atoms with Crippen LogP contribution in [0.4, 0.5) is 14.5 Å². The Morgan fingerprint density at radius 2 is 1.72 bits per heavy atom. The lowest BCUT2D eigenvalue weighted by Crippen LogP contribution is -2.09. The molecule has 0 aliphatic carbocycles. The van der Waals surface area contributed by atoms with Crippen LogP contribution in [0.15, 0.2) is 48.5 Å². The molecule has 5 nitrogen and oxygen atoms in total. The number of carbonyl (C=O) groups is 1. The van der Waals surface area contributed by atoms with Crippen molar-refractivity contribution in [1.29, 1.82) is 0 Å². The summed E-state index contributed by atoms with van der Waals surface area (Å²) < 4.78 is 39.8. The standard InChI is InChI=1S/C18H17F2NO4/c1-23-14-8-4-3-7-13(14)21-16(22)11-10-12-6-5-9-15(24-2)17(12)25-18(19)20/h3-11,18H,1-2H3,(H,21,22)/b11-10+. The van der Waals surface area contributed by atoms with Crippen molar-refractivity contribution in [2.24, 2.45) is 0 Å². The molecule has 132 valence electrons.